The summed E-state index contributed by atoms with van der Waals surface area (Å²) in [6, 6.07) is 7.13. The predicted molar refractivity (Wildman–Crippen MR) is 50.0 cm³/mol. The van der Waals surface area contributed by atoms with Crippen LogP contribution in [0.3, 0.4) is 0 Å². The minimum Gasteiger partial charge on any atom is -0.398 e. The summed E-state index contributed by atoms with van der Waals surface area (Å²) in [5, 5.41) is 8.80. The average molecular weight is 174 g/mol. The van der Waals surface area contributed by atoms with Crippen LogP contribution in [0.4, 0.5) is 5.69 Å². The Morgan fingerprint density at radius 3 is 2.85 bits per heavy atom. The Hall–Kier alpha value is -1.82. The SMILES string of the molecule is CC(C=O)c1cccc(N)c1C#N. The van der Waals surface area contributed by atoms with Gasteiger partial charge in [-0.25, -0.2) is 0 Å². The van der Waals surface area contributed by atoms with Crippen LogP contribution in [0.25, 0.3) is 0 Å². The number of nitrogen functional groups attached to an aromatic ring is 1. The fraction of sp³-hybridized carbons (Fsp3) is 0.200. The molecule has 0 saturated carbocycles. The lowest BCUT2D eigenvalue weighted by Gasteiger charge is -2.07. The van der Waals surface area contributed by atoms with Gasteiger partial charge in [-0.1, -0.05) is 19.1 Å². The highest BCUT2D eigenvalue weighted by Crippen LogP contribution is 2.22. The highest BCUT2D eigenvalue weighted by Gasteiger charge is 2.10. The Morgan fingerprint density at radius 1 is 1.62 bits per heavy atom. The first-order valence-corrected chi connectivity index (χ1v) is 3.94. The molecule has 3 nitrogen and oxygen atoms in total. The van der Waals surface area contributed by atoms with Gasteiger partial charge in [-0.05, 0) is 11.6 Å². The van der Waals surface area contributed by atoms with Crippen molar-refractivity contribution >= 4 is 12.0 Å². The van der Waals surface area contributed by atoms with E-state index >= 15 is 0 Å². The molecule has 0 aliphatic rings. The smallest absolute Gasteiger partial charge is 0.127 e. The van der Waals surface area contributed by atoms with Crippen LogP contribution >= 0.6 is 0 Å². The zero-order valence-electron chi connectivity index (χ0n) is 7.32. The van der Waals surface area contributed by atoms with E-state index in [-0.39, 0.29) is 5.92 Å². The zero-order chi connectivity index (χ0) is 9.84. The summed E-state index contributed by atoms with van der Waals surface area (Å²) in [5.74, 6) is -0.279. The number of carbonyl (C=O) groups is 1. The number of nitrogens with two attached hydrogens (primary N) is 1. The van der Waals surface area contributed by atoms with Gasteiger partial charge < -0.3 is 10.5 Å². The van der Waals surface area contributed by atoms with E-state index < -0.39 is 0 Å². The van der Waals surface area contributed by atoms with Crippen molar-refractivity contribution in [1.29, 1.82) is 5.26 Å². The summed E-state index contributed by atoms with van der Waals surface area (Å²) in [6.45, 7) is 1.74. The lowest BCUT2D eigenvalue weighted by molar-refractivity contribution is -0.108. The molecule has 0 radical (unpaired) electrons. The van der Waals surface area contributed by atoms with Crippen LogP contribution in [-0.4, -0.2) is 6.29 Å². The van der Waals surface area contributed by atoms with Crippen molar-refractivity contribution in [3.05, 3.63) is 29.3 Å². The number of benzene rings is 1. The summed E-state index contributed by atoms with van der Waals surface area (Å²) in [6.07, 6.45) is 0.801. The predicted octanol–water partition coefficient (Wildman–Crippen LogP) is 1.44. The molecular weight excluding hydrogens is 164 g/mol. The van der Waals surface area contributed by atoms with Gasteiger partial charge in [0.15, 0.2) is 0 Å². The van der Waals surface area contributed by atoms with Crippen molar-refractivity contribution in [2.45, 2.75) is 12.8 Å². The molecule has 0 spiro atoms. The fourth-order valence-electron chi connectivity index (χ4n) is 1.17. The molecule has 1 aromatic rings. The molecule has 0 aromatic heterocycles. The van der Waals surface area contributed by atoms with Crippen molar-refractivity contribution in [3.8, 4) is 6.07 Å². The number of nitrogens with zero attached hydrogens (tertiary/aromatic N) is 1. The first-order valence-electron chi connectivity index (χ1n) is 3.94. The van der Waals surface area contributed by atoms with Gasteiger partial charge in [0.05, 0.1) is 5.56 Å². The highest BCUT2D eigenvalue weighted by atomic mass is 16.1. The maximum Gasteiger partial charge on any atom is 0.127 e. The van der Waals surface area contributed by atoms with Crippen LogP contribution in [0.15, 0.2) is 18.2 Å². The second kappa shape index (κ2) is 3.72. The molecular formula is C10H10N2O. The highest BCUT2D eigenvalue weighted by molar-refractivity contribution is 5.68. The van der Waals surface area contributed by atoms with Crippen LogP contribution < -0.4 is 5.73 Å². The lowest BCUT2D eigenvalue weighted by atomic mass is 9.96. The van der Waals surface area contributed by atoms with E-state index in [2.05, 4.69) is 0 Å². The zero-order valence-corrected chi connectivity index (χ0v) is 7.32. The molecule has 2 N–H and O–H groups in total. The summed E-state index contributed by atoms with van der Waals surface area (Å²) in [7, 11) is 0. The van der Waals surface area contributed by atoms with Crippen molar-refractivity contribution in [1.82, 2.24) is 0 Å². The third-order valence-corrected chi connectivity index (χ3v) is 1.94. The molecule has 3 heteroatoms. The number of hydrogen-bond acceptors (Lipinski definition) is 3. The topological polar surface area (TPSA) is 66.9 Å². The van der Waals surface area contributed by atoms with Crippen molar-refractivity contribution in [2.24, 2.45) is 0 Å². The van der Waals surface area contributed by atoms with E-state index in [1.54, 1.807) is 25.1 Å². The third kappa shape index (κ3) is 1.67. The number of hydrogen-bond donors (Lipinski definition) is 1. The van der Waals surface area contributed by atoms with Gasteiger partial charge in [0, 0.05) is 11.6 Å². The second-order valence-corrected chi connectivity index (χ2v) is 2.85. The standard InChI is InChI=1S/C10H10N2O/c1-7(6-13)8-3-2-4-10(12)9(8)5-11/h2-4,6-7H,12H2,1H3. The molecule has 0 aliphatic carbocycles. The monoisotopic (exact) mass is 174 g/mol. The molecule has 0 fully saturated rings. The first-order chi connectivity index (χ1) is 6.20. The van der Waals surface area contributed by atoms with Crippen molar-refractivity contribution < 1.29 is 4.79 Å². The molecule has 13 heavy (non-hydrogen) atoms. The van der Waals surface area contributed by atoms with Gasteiger partial charge in [0.25, 0.3) is 0 Å². The number of rotatable bonds is 2. The van der Waals surface area contributed by atoms with Gasteiger partial charge in [-0.15, -0.1) is 0 Å². The van der Waals surface area contributed by atoms with Crippen molar-refractivity contribution in [3.63, 3.8) is 0 Å². The second-order valence-electron chi connectivity index (χ2n) is 2.85. The van der Waals surface area contributed by atoms with E-state index in [1.165, 1.54) is 0 Å². The Balaban J connectivity index is 3.29. The third-order valence-electron chi connectivity index (χ3n) is 1.94. The normalized spacial score (nSPS) is 11.7. The van der Waals surface area contributed by atoms with E-state index in [0.717, 1.165) is 6.29 Å². The molecule has 0 heterocycles. The molecule has 66 valence electrons. The van der Waals surface area contributed by atoms with Crippen LogP contribution in [0.1, 0.15) is 24.0 Å². The molecule has 1 atom stereocenters. The number of carbonyl (C=O) groups excluding carboxylic acids is 1. The van der Waals surface area contributed by atoms with Crippen LogP contribution in [0.2, 0.25) is 0 Å². The van der Waals surface area contributed by atoms with Crippen LogP contribution in [0.5, 0.6) is 0 Å². The largest absolute Gasteiger partial charge is 0.398 e. The Morgan fingerprint density at radius 2 is 2.31 bits per heavy atom. The summed E-state index contributed by atoms with van der Waals surface area (Å²) in [4.78, 5) is 10.5. The summed E-state index contributed by atoms with van der Waals surface area (Å²) >= 11 is 0. The summed E-state index contributed by atoms with van der Waals surface area (Å²) < 4.78 is 0. The fourth-order valence-corrected chi connectivity index (χ4v) is 1.17. The molecule has 0 saturated heterocycles. The molecule has 0 bridgehead atoms. The Kier molecular flexibility index (Phi) is 2.65. The molecule has 1 unspecified atom stereocenters. The number of nitriles is 1. The lowest BCUT2D eigenvalue weighted by Crippen LogP contribution is -2.01. The maximum absolute atomic E-state index is 10.5. The van der Waals surface area contributed by atoms with Crippen LogP contribution in [0, 0.1) is 11.3 Å². The van der Waals surface area contributed by atoms with Gasteiger partial charge in [-0.2, -0.15) is 5.26 Å². The van der Waals surface area contributed by atoms with E-state index in [4.69, 9.17) is 11.0 Å². The molecule has 1 aromatic carbocycles. The van der Waals surface area contributed by atoms with Crippen molar-refractivity contribution in [2.75, 3.05) is 5.73 Å². The van der Waals surface area contributed by atoms with Gasteiger partial charge in [-0.3, -0.25) is 0 Å². The van der Waals surface area contributed by atoms with Gasteiger partial charge in [0.2, 0.25) is 0 Å². The van der Waals surface area contributed by atoms with E-state index in [9.17, 15) is 4.79 Å². The maximum atomic E-state index is 10.5. The Bertz CT molecular complexity index is 366. The minimum absolute atomic E-state index is 0.279. The molecule has 0 aliphatic heterocycles. The first kappa shape index (κ1) is 9.27. The quantitative estimate of drug-likeness (QED) is 0.545. The van der Waals surface area contributed by atoms with E-state index in [1.807, 2.05) is 6.07 Å². The molecule has 1 rings (SSSR count). The number of aldehydes is 1. The molecule has 0 amide bonds. The minimum atomic E-state index is -0.279. The van der Waals surface area contributed by atoms with Gasteiger partial charge in [0.1, 0.15) is 12.4 Å². The average Bonchev–Trinajstić information content (AvgIpc) is 2.16. The van der Waals surface area contributed by atoms with Crippen LogP contribution in [-0.2, 0) is 4.79 Å². The number of anilines is 1. The summed E-state index contributed by atoms with van der Waals surface area (Å²) in [5.41, 5.74) is 7.11. The van der Waals surface area contributed by atoms with Gasteiger partial charge >= 0.3 is 0 Å². The van der Waals surface area contributed by atoms with E-state index in [0.29, 0.717) is 16.8 Å². The Labute approximate surface area is 76.8 Å².